The number of benzene rings is 1. The van der Waals surface area contributed by atoms with Gasteiger partial charge in [-0.2, -0.15) is 0 Å². The molecule has 0 fully saturated rings. The first-order valence-electron chi connectivity index (χ1n) is 7.05. The number of carbonyl (C=O) groups excluding carboxylic acids is 1. The van der Waals surface area contributed by atoms with Crippen LogP contribution in [0.15, 0.2) is 24.3 Å². The Hall–Kier alpha value is -1.80. The number of hydrogen-bond acceptors (Lipinski definition) is 5. The fraction of sp³-hybridized carbons (Fsp3) is 0.500. The maximum Gasteiger partial charge on any atom is 0.234 e. The van der Waals surface area contributed by atoms with E-state index in [0.717, 1.165) is 12.8 Å². The maximum atomic E-state index is 12.1. The molecule has 0 saturated carbocycles. The van der Waals surface area contributed by atoms with Crippen LogP contribution in [0.5, 0.6) is 5.75 Å². The summed E-state index contributed by atoms with van der Waals surface area (Å²) in [5.41, 5.74) is 5.86. The average Bonchev–Trinajstić information content (AvgIpc) is 2.47. The minimum Gasteiger partial charge on any atom is -0.497 e. The van der Waals surface area contributed by atoms with Crippen LogP contribution in [0, 0.1) is 0 Å². The highest BCUT2D eigenvalue weighted by atomic mass is 32.2. The van der Waals surface area contributed by atoms with Gasteiger partial charge >= 0.3 is 0 Å². The minimum atomic E-state index is -3.56. The van der Waals surface area contributed by atoms with Gasteiger partial charge < -0.3 is 15.8 Å². The number of anilines is 1. The lowest BCUT2D eigenvalue weighted by Gasteiger charge is -2.17. The van der Waals surface area contributed by atoms with Crippen LogP contribution in [-0.4, -0.2) is 40.3 Å². The molecule has 0 saturated heterocycles. The van der Waals surface area contributed by atoms with E-state index >= 15 is 0 Å². The summed E-state index contributed by atoms with van der Waals surface area (Å²) in [7, 11) is -2.02. The molecule has 0 aliphatic heterocycles. The fourth-order valence-electron chi connectivity index (χ4n) is 1.99. The van der Waals surface area contributed by atoms with E-state index in [1.807, 2.05) is 0 Å². The lowest BCUT2D eigenvalue weighted by Crippen LogP contribution is -2.37. The second-order valence-corrected chi connectivity index (χ2v) is 6.64. The SMILES string of the molecule is COc1ccc(NS(=O)(=O)C[C@H](CCCCN)NC=O)cc1. The molecule has 0 aliphatic rings. The molecule has 0 spiro atoms. The Bertz CT molecular complexity index is 546. The molecule has 1 atom stereocenters. The Morgan fingerprint density at radius 1 is 1.27 bits per heavy atom. The first-order chi connectivity index (χ1) is 10.5. The van der Waals surface area contributed by atoms with Gasteiger partial charge in [0.2, 0.25) is 16.4 Å². The van der Waals surface area contributed by atoms with Crippen molar-refractivity contribution in [2.24, 2.45) is 5.73 Å². The minimum absolute atomic E-state index is 0.178. The summed E-state index contributed by atoms with van der Waals surface area (Å²) >= 11 is 0. The van der Waals surface area contributed by atoms with Crippen molar-refractivity contribution in [3.05, 3.63) is 24.3 Å². The van der Waals surface area contributed by atoms with Crippen molar-refractivity contribution in [1.82, 2.24) is 5.32 Å². The number of nitrogens with one attached hydrogen (secondary N) is 2. The maximum absolute atomic E-state index is 12.1. The van der Waals surface area contributed by atoms with Gasteiger partial charge in [0, 0.05) is 11.7 Å². The Labute approximate surface area is 131 Å². The van der Waals surface area contributed by atoms with Gasteiger partial charge in [0.05, 0.1) is 12.9 Å². The molecule has 4 N–H and O–H groups in total. The molecule has 0 aromatic heterocycles. The molecule has 1 aromatic rings. The van der Waals surface area contributed by atoms with Gasteiger partial charge in [0.1, 0.15) is 5.75 Å². The van der Waals surface area contributed by atoms with Gasteiger partial charge in [0.25, 0.3) is 0 Å². The highest BCUT2D eigenvalue weighted by molar-refractivity contribution is 7.92. The van der Waals surface area contributed by atoms with Gasteiger partial charge in [-0.15, -0.1) is 0 Å². The molecule has 0 radical (unpaired) electrons. The molecule has 0 bridgehead atoms. The van der Waals surface area contributed by atoms with Crippen molar-refractivity contribution >= 4 is 22.1 Å². The first kappa shape index (κ1) is 18.2. The molecule has 124 valence electrons. The quantitative estimate of drug-likeness (QED) is 0.408. The van der Waals surface area contributed by atoms with Crippen LogP contribution in [0.4, 0.5) is 5.69 Å². The zero-order valence-corrected chi connectivity index (χ0v) is 13.4. The number of sulfonamides is 1. The van der Waals surface area contributed by atoms with Crippen LogP contribution in [0.1, 0.15) is 19.3 Å². The zero-order chi connectivity index (χ0) is 16.4. The van der Waals surface area contributed by atoms with E-state index in [9.17, 15) is 13.2 Å². The average molecular weight is 329 g/mol. The van der Waals surface area contributed by atoms with Gasteiger partial charge in [-0.1, -0.05) is 6.42 Å². The third-order valence-electron chi connectivity index (χ3n) is 3.09. The van der Waals surface area contributed by atoms with E-state index in [-0.39, 0.29) is 5.75 Å². The molecule has 0 unspecified atom stereocenters. The summed E-state index contributed by atoms with van der Waals surface area (Å²) in [5, 5.41) is 2.54. The third-order valence-corrected chi connectivity index (χ3v) is 4.48. The van der Waals surface area contributed by atoms with Gasteiger partial charge in [-0.25, -0.2) is 8.42 Å². The first-order valence-corrected chi connectivity index (χ1v) is 8.70. The van der Waals surface area contributed by atoms with Crippen LogP contribution in [0.3, 0.4) is 0 Å². The van der Waals surface area contributed by atoms with E-state index in [4.69, 9.17) is 10.5 Å². The molecule has 7 nitrogen and oxygen atoms in total. The topological polar surface area (TPSA) is 111 Å². The fourth-order valence-corrected chi connectivity index (χ4v) is 3.36. The zero-order valence-electron chi connectivity index (χ0n) is 12.6. The second-order valence-electron chi connectivity index (χ2n) is 4.88. The number of rotatable bonds is 11. The highest BCUT2D eigenvalue weighted by Gasteiger charge is 2.18. The van der Waals surface area contributed by atoms with E-state index in [1.165, 1.54) is 7.11 Å². The van der Waals surface area contributed by atoms with Crippen molar-refractivity contribution in [2.75, 3.05) is 24.1 Å². The second kappa shape index (κ2) is 9.26. The number of amides is 1. The molecular weight excluding hydrogens is 306 g/mol. The van der Waals surface area contributed by atoms with Crippen LogP contribution >= 0.6 is 0 Å². The molecule has 1 amide bonds. The van der Waals surface area contributed by atoms with Crippen molar-refractivity contribution in [3.8, 4) is 5.75 Å². The molecule has 0 heterocycles. The standard InChI is InChI=1S/C14H23N3O4S/c1-21-14-7-5-12(6-8-14)17-22(19,20)10-13(16-11-18)4-2-3-9-15/h5-8,11,13,17H,2-4,9-10,15H2,1H3,(H,16,18)/t13-/m0/s1. The lowest BCUT2D eigenvalue weighted by molar-refractivity contribution is -0.110. The van der Waals surface area contributed by atoms with Gasteiger partial charge in [0.15, 0.2) is 0 Å². The molecule has 8 heteroatoms. The Balaban J connectivity index is 2.63. The van der Waals surface area contributed by atoms with Crippen molar-refractivity contribution in [3.63, 3.8) is 0 Å². The van der Waals surface area contributed by atoms with Crippen LogP contribution < -0.4 is 20.5 Å². The molecular formula is C14H23N3O4S. The van der Waals surface area contributed by atoms with E-state index in [0.29, 0.717) is 30.8 Å². The highest BCUT2D eigenvalue weighted by Crippen LogP contribution is 2.16. The summed E-state index contributed by atoms with van der Waals surface area (Å²) in [6, 6.07) is 6.14. The number of nitrogens with two attached hydrogens (primary N) is 1. The predicted octanol–water partition coefficient (Wildman–Crippen LogP) is 0.681. The molecule has 1 rings (SSSR count). The van der Waals surface area contributed by atoms with Gasteiger partial charge in [-0.3, -0.25) is 9.52 Å². The monoisotopic (exact) mass is 329 g/mol. The summed E-state index contributed by atoms with van der Waals surface area (Å²) in [6.45, 7) is 0.546. The number of unbranched alkanes of at least 4 members (excludes halogenated alkanes) is 1. The van der Waals surface area contributed by atoms with Crippen LogP contribution in [0.25, 0.3) is 0 Å². The van der Waals surface area contributed by atoms with Crippen LogP contribution in [0.2, 0.25) is 0 Å². The number of carbonyl (C=O) groups is 1. The predicted molar refractivity (Wildman–Crippen MR) is 86.3 cm³/mol. The number of methoxy groups -OCH3 is 1. The van der Waals surface area contributed by atoms with Crippen molar-refractivity contribution in [1.29, 1.82) is 0 Å². The summed E-state index contributed by atoms with van der Waals surface area (Å²) in [5.74, 6) is 0.465. The molecule has 1 aromatic carbocycles. The van der Waals surface area contributed by atoms with Crippen molar-refractivity contribution in [2.45, 2.75) is 25.3 Å². The number of hydrogen-bond donors (Lipinski definition) is 3. The largest absolute Gasteiger partial charge is 0.497 e. The molecule has 22 heavy (non-hydrogen) atoms. The Kier molecular flexibility index (Phi) is 7.69. The van der Waals surface area contributed by atoms with Gasteiger partial charge in [-0.05, 0) is 43.7 Å². The third kappa shape index (κ3) is 6.77. The van der Waals surface area contributed by atoms with E-state index in [1.54, 1.807) is 24.3 Å². The summed E-state index contributed by atoms with van der Waals surface area (Å²) in [6.07, 6.45) is 2.65. The normalized spacial score (nSPS) is 12.5. The molecule has 0 aliphatic carbocycles. The Morgan fingerprint density at radius 2 is 1.95 bits per heavy atom. The number of ether oxygens (including phenoxy) is 1. The van der Waals surface area contributed by atoms with E-state index < -0.39 is 16.1 Å². The lowest BCUT2D eigenvalue weighted by atomic mass is 10.1. The van der Waals surface area contributed by atoms with E-state index in [2.05, 4.69) is 10.0 Å². The van der Waals surface area contributed by atoms with Crippen LogP contribution in [-0.2, 0) is 14.8 Å². The summed E-state index contributed by atoms with van der Waals surface area (Å²) < 4.78 is 31.8. The smallest absolute Gasteiger partial charge is 0.234 e. The Morgan fingerprint density at radius 3 is 2.50 bits per heavy atom. The summed E-state index contributed by atoms with van der Waals surface area (Å²) in [4.78, 5) is 10.6. The van der Waals surface area contributed by atoms with Crippen molar-refractivity contribution < 1.29 is 17.9 Å².